The summed E-state index contributed by atoms with van der Waals surface area (Å²) in [7, 11) is 0. The average Bonchev–Trinajstić information content (AvgIpc) is 2.71. The third-order valence-corrected chi connectivity index (χ3v) is 2.92. The first kappa shape index (κ1) is 12.5. The topological polar surface area (TPSA) is 30.7 Å². The van der Waals surface area contributed by atoms with Crippen molar-refractivity contribution in [2.75, 3.05) is 5.33 Å². The first-order chi connectivity index (χ1) is 8.19. The molecule has 0 amide bonds. The first-order valence-electron chi connectivity index (χ1n) is 5.08. The fourth-order valence-electron chi connectivity index (χ4n) is 1.45. The van der Waals surface area contributed by atoms with Crippen molar-refractivity contribution in [2.45, 2.75) is 13.0 Å². The van der Waals surface area contributed by atoms with Gasteiger partial charge in [0.05, 0.1) is 12.2 Å². The van der Waals surface area contributed by atoms with Gasteiger partial charge in [-0.1, -0.05) is 38.8 Å². The highest BCUT2D eigenvalue weighted by Crippen LogP contribution is 2.15. The molecular formula is C11H10BrClFN3. The number of rotatable bonds is 4. The van der Waals surface area contributed by atoms with Crippen molar-refractivity contribution < 1.29 is 4.39 Å². The van der Waals surface area contributed by atoms with Gasteiger partial charge in [-0.25, -0.2) is 9.07 Å². The van der Waals surface area contributed by atoms with Crippen LogP contribution >= 0.6 is 27.5 Å². The summed E-state index contributed by atoms with van der Waals surface area (Å²) in [5, 5.41) is 9.15. The van der Waals surface area contributed by atoms with Crippen molar-refractivity contribution in [3.63, 3.8) is 0 Å². The Bertz CT molecular complexity index is 515. The van der Waals surface area contributed by atoms with Gasteiger partial charge in [0.15, 0.2) is 0 Å². The summed E-state index contributed by atoms with van der Waals surface area (Å²) >= 11 is 9.02. The standard InChI is InChI=1S/C11H10BrClFN3/c12-4-3-10-7-17(16-15-10)6-8-1-2-9(13)5-11(8)14/h1-2,5,7H,3-4,6H2. The molecule has 0 fully saturated rings. The Morgan fingerprint density at radius 2 is 2.24 bits per heavy atom. The highest BCUT2D eigenvalue weighted by molar-refractivity contribution is 9.09. The predicted molar refractivity (Wildman–Crippen MR) is 68.0 cm³/mol. The molecule has 2 aromatic rings. The number of alkyl halides is 1. The Morgan fingerprint density at radius 3 is 2.94 bits per heavy atom. The van der Waals surface area contributed by atoms with E-state index in [1.165, 1.54) is 6.07 Å². The molecule has 0 atom stereocenters. The second-order valence-electron chi connectivity index (χ2n) is 3.58. The van der Waals surface area contributed by atoms with Gasteiger partial charge in [-0.2, -0.15) is 0 Å². The Kier molecular flexibility index (Phi) is 4.12. The lowest BCUT2D eigenvalue weighted by molar-refractivity contribution is 0.577. The van der Waals surface area contributed by atoms with E-state index in [2.05, 4.69) is 26.2 Å². The molecule has 6 heteroatoms. The van der Waals surface area contributed by atoms with Gasteiger partial charge in [0, 0.05) is 28.5 Å². The van der Waals surface area contributed by atoms with Crippen molar-refractivity contribution in [3.8, 4) is 0 Å². The van der Waals surface area contributed by atoms with Gasteiger partial charge >= 0.3 is 0 Å². The van der Waals surface area contributed by atoms with Crippen LogP contribution in [0.2, 0.25) is 5.02 Å². The van der Waals surface area contributed by atoms with Crippen molar-refractivity contribution in [3.05, 3.63) is 46.5 Å². The van der Waals surface area contributed by atoms with Crippen LogP contribution in [0.4, 0.5) is 4.39 Å². The van der Waals surface area contributed by atoms with Crippen LogP contribution in [0.15, 0.2) is 24.4 Å². The average molecular weight is 319 g/mol. The van der Waals surface area contributed by atoms with E-state index in [1.54, 1.807) is 16.8 Å². The number of nitrogens with zero attached hydrogens (tertiary/aromatic N) is 3. The lowest BCUT2D eigenvalue weighted by Gasteiger charge is -2.02. The second kappa shape index (κ2) is 5.60. The van der Waals surface area contributed by atoms with Crippen LogP contribution in [0.5, 0.6) is 0 Å². The molecule has 0 unspecified atom stereocenters. The van der Waals surface area contributed by atoms with E-state index in [-0.39, 0.29) is 5.82 Å². The van der Waals surface area contributed by atoms with Crippen LogP contribution in [-0.2, 0) is 13.0 Å². The molecule has 2 rings (SSSR count). The van der Waals surface area contributed by atoms with E-state index < -0.39 is 0 Å². The summed E-state index contributed by atoms with van der Waals surface area (Å²) < 4.78 is 15.2. The molecule has 1 aromatic carbocycles. The van der Waals surface area contributed by atoms with Crippen LogP contribution in [0.25, 0.3) is 0 Å². The number of aryl methyl sites for hydroxylation is 1. The molecule has 1 aromatic heterocycles. The maximum absolute atomic E-state index is 13.5. The summed E-state index contributed by atoms with van der Waals surface area (Å²) in [6.45, 7) is 0.359. The first-order valence-corrected chi connectivity index (χ1v) is 6.58. The van der Waals surface area contributed by atoms with Crippen LogP contribution < -0.4 is 0 Å². The molecule has 0 spiro atoms. The number of halogens is 3. The summed E-state index contributed by atoms with van der Waals surface area (Å²) in [6, 6.07) is 4.62. The Hall–Kier alpha value is -0.940. The molecule has 0 saturated carbocycles. The number of hydrogen-bond acceptors (Lipinski definition) is 2. The van der Waals surface area contributed by atoms with Crippen LogP contribution in [0.1, 0.15) is 11.3 Å². The fraction of sp³-hybridized carbons (Fsp3) is 0.273. The highest BCUT2D eigenvalue weighted by atomic mass is 79.9. The lowest BCUT2D eigenvalue weighted by atomic mass is 10.2. The molecule has 0 bridgehead atoms. The maximum Gasteiger partial charge on any atom is 0.129 e. The summed E-state index contributed by atoms with van der Waals surface area (Å²) in [4.78, 5) is 0. The number of aromatic nitrogens is 3. The largest absolute Gasteiger partial charge is 0.248 e. The Labute approximate surface area is 112 Å². The summed E-state index contributed by atoms with van der Waals surface area (Å²) in [5.41, 5.74) is 1.43. The fourth-order valence-corrected chi connectivity index (χ4v) is 2.02. The van der Waals surface area contributed by atoms with Crippen molar-refractivity contribution in [2.24, 2.45) is 0 Å². The van der Waals surface area contributed by atoms with Gasteiger partial charge in [-0.05, 0) is 12.1 Å². The van der Waals surface area contributed by atoms with Gasteiger partial charge in [-0.3, -0.25) is 0 Å². The summed E-state index contributed by atoms with van der Waals surface area (Å²) in [5.74, 6) is -0.324. The normalized spacial score (nSPS) is 10.8. The zero-order valence-electron chi connectivity index (χ0n) is 8.91. The molecular weight excluding hydrogens is 308 g/mol. The molecule has 0 radical (unpaired) electrons. The lowest BCUT2D eigenvalue weighted by Crippen LogP contribution is -2.02. The van der Waals surface area contributed by atoms with Gasteiger partial charge in [0.1, 0.15) is 5.82 Å². The molecule has 0 saturated heterocycles. The zero-order valence-corrected chi connectivity index (χ0v) is 11.2. The van der Waals surface area contributed by atoms with Gasteiger partial charge in [0.2, 0.25) is 0 Å². The van der Waals surface area contributed by atoms with Crippen LogP contribution in [0.3, 0.4) is 0 Å². The van der Waals surface area contributed by atoms with Crippen molar-refractivity contribution in [1.29, 1.82) is 0 Å². The van der Waals surface area contributed by atoms with Crippen molar-refractivity contribution in [1.82, 2.24) is 15.0 Å². The number of benzene rings is 1. The predicted octanol–water partition coefficient (Wildman–Crippen LogP) is 3.06. The highest BCUT2D eigenvalue weighted by Gasteiger charge is 2.06. The molecule has 1 heterocycles. The maximum atomic E-state index is 13.5. The summed E-state index contributed by atoms with van der Waals surface area (Å²) in [6.07, 6.45) is 2.62. The zero-order chi connectivity index (χ0) is 12.3. The third kappa shape index (κ3) is 3.26. The molecule has 3 nitrogen and oxygen atoms in total. The number of hydrogen-bond donors (Lipinski definition) is 0. The van der Waals surface area contributed by atoms with E-state index in [1.807, 2.05) is 6.20 Å². The molecule has 17 heavy (non-hydrogen) atoms. The van der Waals surface area contributed by atoms with Gasteiger partial charge < -0.3 is 0 Å². The van der Waals surface area contributed by atoms with E-state index in [0.29, 0.717) is 17.1 Å². The van der Waals surface area contributed by atoms with Crippen LogP contribution in [0, 0.1) is 5.82 Å². The second-order valence-corrected chi connectivity index (χ2v) is 4.81. The smallest absolute Gasteiger partial charge is 0.129 e. The minimum Gasteiger partial charge on any atom is -0.248 e. The molecule has 0 N–H and O–H groups in total. The minimum absolute atomic E-state index is 0.324. The Balaban J connectivity index is 2.13. The minimum atomic E-state index is -0.324. The van der Waals surface area contributed by atoms with Crippen molar-refractivity contribution >= 4 is 27.5 Å². The van der Waals surface area contributed by atoms with E-state index >= 15 is 0 Å². The van der Waals surface area contributed by atoms with Gasteiger partial charge in [0.25, 0.3) is 0 Å². The third-order valence-electron chi connectivity index (χ3n) is 2.28. The molecule has 90 valence electrons. The van der Waals surface area contributed by atoms with Crippen LogP contribution in [-0.4, -0.2) is 20.3 Å². The molecule has 0 aliphatic rings. The monoisotopic (exact) mass is 317 g/mol. The SMILES string of the molecule is Fc1cc(Cl)ccc1Cn1cc(CCBr)nn1. The van der Waals surface area contributed by atoms with E-state index in [0.717, 1.165) is 17.4 Å². The quantitative estimate of drug-likeness (QED) is 0.811. The molecule has 0 aliphatic carbocycles. The van der Waals surface area contributed by atoms with E-state index in [9.17, 15) is 4.39 Å². The van der Waals surface area contributed by atoms with E-state index in [4.69, 9.17) is 11.6 Å². The van der Waals surface area contributed by atoms with Gasteiger partial charge in [-0.15, -0.1) is 5.10 Å². The Morgan fingerprint density at radius 1 is 1.41 bits per heavy atom. The molecule has 0 aliphatic heterocycles.